The molecule has 0 aliphatic heterocycles. The summed E-state index contributed by atoms with van der Waals surface area (Å²) in [7, 11) is 1.67. The van der Waals surface area contributed by atoms with Crippen LogP contribution >= 0.6 is 0 Å². The minimum Gasteiger partial charge on any atom is -0.493 e. The fourth-order valence-corrected chi connectivity index (χ4v) is 1.73. The molecule has 1 aromatic heterocycles. The van der Waals surface area contributed by atoms with Crippen molar-refractivity contribution < 1.29 is 4.74 Å². The van der Waals surface area contributed by atoms with Gasteiger partial charge in [0.05, 0.1) is 7.11 Å². The predicted molar refractivity (Wildman–Crippen MR) is 67.9 cm³/mol. The van der Waals surface area contributed by atoms with Gasteiger partial charge in [-0.1, -0.05) is 20.3 Å². The standard InChI is InChI=1S/C13H22N2O/c1-5-10(2)9-11(3)15-13-12(16-4)7-6-8-14-13/h6-8,10-11H,5,9H2,1-4H3,(H,14,15). The molecule has 0 fully saturated rings. The molecule has 0 aliphatic rings. The lowest BCUT2D eigenvalue weighted by Crippen LogP contribution is -2.19. The van der Waals surface area contributed by atoms with E-state index in [0.29, 0.717) is 6.04 Å². The molecular formula is C13H22N2O. The Balaban J connectivity index is 2.58. The van der Waals surface area contributed by atoms with Crippen LogP contribution in [0.5, 0.6) is 5.75 Å². The topological polar surface area (TPSA) is 34.2 Å². The SMILES string of the molecule is CCC(C)CC(C)Nc1ncccc1OC. The molecule has 0 aromatic carbocycles. The number of aromatic nitrogens is 1. The second kappa shape index (κ2) is 6.36. The molecule has 1 N–H and O–H groups in total. The van der Waals surface area contributed by atoms with Gasteiger partial charge >= 0.3 is 0 Å². The van der Waals surface area contributed by atoms with Crippen molar-refractivity contribution in [3.8, 4) is 5.75 Å². The van der Waals surface area contributed by atoms with Crippen LogP contribution in [0.2, 0.25) is 0 Å². The monoisotopic (exact) mass is 222 g/mol. The lowest BCUT2D eigenvalue weighted by Gasteiger charge is -2.19. The van der Waals surface area contributed by atoms with E-state index in [1.807, 2.05) is 12.1 Å². The zero-order valence-electron chi connectivity index (χ0n) is 10.7. The molecule has 0 spiro atoms. The third-order valence-corrected chi connectivity index (χ3v) is 2.83. The lowest BCUT2D eigenvalue weighted by atomic mass is 10.0. The zero-order chi connectivity index (χ0) is 12.0. The average molecular weight is 222 g/mol. The lowest BCUT2D eigenvalue weighted by molar-refractivity contribution is 0.413. The number of nitrogens with one attached hydrogen (secondary N) is 1. The molecule has 1 heterocycles. The normalized spacial score (nSPS) is 14.2. The summed E-state index contributed by atoms with van der Waals surface area (Å²) < 4.78 is 5.25. The van der Waals surface area contributed by atoms with E-state index in [-0.39, 0.29) is 0 Å². The summed E-state index contributed by atoms with van der Waals surface area (Å²) in [5.74, 6) is 2.37. The summed E-state index contributed by atoms with van der Waals surface area (Å²) in [5, 5.41) is 3.39. The highest BCUT2D eigenvalue weighted by atomic mass is 16.5. The molecule has 2 atom stereocenters. The second-order valence-electron chi connectivity index (χ2n) is 4.35. The van der Waals surface area contributed by atoms with E-state index in [1.165, 1.54) is 6.42 Å². The Morgan fingerprint density at radius 3 is 2.81 bits per heavy atom. The molecule has 0 radical (unpaired) electrons. The van der Waals surface area contributed by atoms with Gasteiger partial charge in [-0.05, 0) is 31.4 Å². The largest absolute Gasteiger partial charge is 0.493 e. The first-order valence-electron chi connectivity index (χ1n) is 5.92. The van der Waals surface area contributed by atoms with Crippen molar-refractivity contribution in [2.45, 2.75) is 39.7 Å². The molecule has 2 unspecified atom stereocenters. The van der Waals surface area contributed by atoms with Gasteiger partial charge in [-0.3, -0.25) is 0 Å². The Hall–Kier alpha value is -1.25. The van der Waals surface area contributed by atoms with Crippen LogP contribution in [-0.2, 0) is 0 Å². The van der Waals surface area contributed by atoms with E-state index < -0.39 is 0 Å². The third kappa shape index (κ3) is 3.72. The van der Waals surface area contributed by atoms with Crippen LogP contribution in [0.1, 0.15) is 33.6 Å². The van der Waals surface area contributed by atoms with Crippen molar-refractivity contribution in [2.24, 2.45) is 5.92 Å². The van der Waals surface area contributed by atoms with E-state index in [2.05, 4.69) is 31.1 Å². The minimum atomic E-state index is 0.416. The summed E-state index contributed by atoms with van der Waals surface area (Å²) in [6.07, 6.45) is 4.14. The summed E-state index contributed by atoms with van der Waals surface area (Å²) in [6, 6.07) is 4.22. The van der Waals surface area contributed by atoms with E-state index in [1.54, 1.807) is 13.3 Å². The number of hydrogen-bond donors (Lipinski definition) is 1. The Morgan fingerprint density at radius 2 is 2.19 bits per heavy atom. The van der Waals surface area contributed by atoms with Gasteiger partial charge in [-0.15, -0.1) is 0 Å². The molecular weight excluding hydrogens is 200 g/mol. The summed E-state index contributed by atoms with van der Waals surface area (Å²) in [6.45, 7) is 6.67. The Labute approximate surface area is 98.2 Å². The molecule has 0 amide bonds. The van der Waals surface area contributed by atoms with E-state index in [4.69, 9.17) is 4.74 Å². The highest BCUT2D eigenvalue weighted by molar-refractivity contribution is 5.49. The van der Waals surface area contributed by atoms with Crippen LogP contribution in [0, 0.1) is 5.92 Å². The van der Waals surface area contributed by atoms with Gasteiger partial charge in [-0.2, -0.15) is 0 Å². The maximum atomic E-state index is 5.25. The number of rotatable bonds is 6. The van der Waals surface area contributed by atoms with Crippen LogP contribution in [-0.4, -0.2) is 18.1 Å². The molecule has 1 rings (SSSR count). The van der Waals surface area contributed by atoms with Gasteiger partial charge in [0.25, 0.3) is 0 Å². The Bertz CT molecular complexity index is 315. The van der Waals surface area contributed by atoms with Crippen LogP contribution in [0.4, 0.5) is 5.82 Å². The molecule has 0 aliphatic carbocycles. The van der Waals surface area contributed by atoms with Crippen molar-refractivity contribution in [1.29, 1.82) is 0 Å². The van der Waals surface area contributed by atoms with Gasteiger partial charge in [-0.25, -0.2) is 4.98 Å². The van der Waals surface area contributed by atoms with E-state index >= 15 is 0 Å². The predicted octanol–water partition coefficient (Wildman–Crippen LogP) is 3.33. The summed E-state index contributed by atoms with van der Waals surface area (Å²) in [4.78, 5) is 4.29. The Kier molecular flexibility index (Phi) is 5.09. The molecule has 1 aromatic rings. The maximum absolute atomic E-state index is 5.25. The van der Waals surface area contributed by atoms with Crippen molar-refractivity contribution in [1.82, 2.24) is 4.98 Å². The quantitative estimate of drug-likeness (QED) is 0.801. The minimum absolute atomic E-state index is 0.416. The first kappa shape index (κ1) is 12.8. The molecule has 90 valence electrons. The van der Waals surface area contributed by atoms with Crippen molar-refractivity contribution in [3.63, 3.8) is 0 Å². The molecule has 0 saturated heterocycles. The number of pyridine rings is 1. The molecule has 3 nitrogen and oxygen atoms in total. The highest BCUT2D eigenvalue weighted by Crippen LogP contribution is 2.22. The number of hydrogen-bond acceptors (Lipinski definition) is 3. The average Bonchev–Trinajstić information content (AvgIpc) is 2.29. The summed E-state index contributed by atoms with van der Waals surface area (Å²) >= 11 is 0. The van der Waals surface area contributed by atoms with Crippen LogP contribution < -0.4 is 10.1 Å². The Morgan fingerprint density at radius 1 is 1.44 bits per heavy atom. The van der Waals surface area contributed by atoms with Crippen LogP contribution in [0.3, 0.4) is 0 Å². The van der Waals surface area contributed by atoms with Gasteiger partial charge in [0.15, 0.2) is 11.6 Å². The van der Waals surface area contributed by atoms with Crippen molar-refractivity contribution in [2.75, 3.05) is 12.4 Å². The highest BCUT2D eigenvalue weighted by Gasteiger charge is 2.10. The maximum Gasteiger partial charge on any atom is 0.168 e. The third-order valence-electron chi connectivity index (χ3n) is 2.83. The van der Waals surface area contributed by atoms with Crippen molar-refractivity contribution in [3.05, 3.63) is 18.3 Å². The number of methoxy groups -OCH3 is 1. The molecule has 3 heteroatoms. The summed E-state index contributed by atoms with van der Waals surface area (Å²) in [5.41, 5.74) is 0. The van der Waals surface area contributed by atoms with Crippen molar-refractivity contribution >= 4 is 5.82 Å². The second-order valence-corrected chi connectivity index (χ2v) is 4.35. The number of ether oxygens (including phenoxy) is 1. The van der Waals surface area contributed by atoms with E-state index in [9.17, 15) is 0 Å². The molecule has 0 saturated carbocycles. The first-order chi connectivity index (χ1) is 7.67. The first-order valence-corrected chi connectivity index (χ1v) is 5.92. The van der Waals surface area contributed by atoms with Crippen LogP contribution in [0.25, 0.3) is 0 Å². The van der Waals surface area contributed by atoms with Gasteiger partial charge in [0.1, 0.15) is 0 Å². The fourth-order valence-electron chi connectivity index (χ4n) is 1.73. The van der Waals surface area contributed by atoms with Gasteiger partial charge < -0.3 is 10.1 Å². The molecule has 0 bridgehead atoms. The van der Waals surface area contributed by atoms with E-state index in [0.717, 1.165) is 23.9 Å². The number of nitrogens with zero attached hydrogens (tertiary/aromatic N) is 1. The molecule has 16 heavy (non-hydrogen) atoms. The number of anilines is 1. The smallest absolute Gasteiger partial charge is 0.168 e. The zero-order valence-corrected chi connectivity index (χ0v) is 10.7. The van der Waals surface area contributed by atoms with Gasteiger partial charge in [0.2, 0.25) is 0 Å². The fraction of sp³-hybridized carbons (Fsp3) is 0.615. The van der Waals surface area contributed by atoms with Gasteiger partial charge in [0, 0.05) is 12.2 Å². The van der Waals surface area contributed by atoms with Crippen LogP contribution in [0.15, 0.2) is 18.3 Å².